The topological polar surface area (TPSA) is 51.2 Å². The van der Waals surface area contributed by atoms with Gasteiger partial charge in [-0.25, -0.2) is 0 Å². The quantitative estimate of drug-likeness (QED) is 0.682. The average Bonchev–Trinajstić information content (AvgIpc) is 2.60. The lowest BCUT2D eigenvalue weighted by atomic mass is 10.0. The molecule has 0 aliphatic rings. The van der Waals surface area contributed by atoms with Crippen molar-refractivity contribution in [2.24, 2.45) is 0 Å². The number of ether oxygens (including phenoxy) is 1. The molecule has 0 spiro atoms. The van der Waals surface area contributed by atoms with Crippen molar-refractivity contribution in [3.63, 3.8) is 0 Å². The fraction of sp³-hybridized carbons (Fsp3) is 0.111. The lowest BCUT2D eigenvalue weighted by Gasteiger charge is -2.12. The fourth-order valence-electron chi connectivity index (χ4n) is 2.57. The molecule has 0 bridgehead atoms. The molecule has 1 heterocycles. The summed E-state index contributed by atoms with van der Waals surface area (Å²) in [5, 5.41) is 2.89. The molecule has 3 rings (SSSR count). The number of halogens is 4. The number of anilines is 1. The Morgan fingerprint density at radius 3 is 2.58 bits per heavy atom. The molecule has 1 aromatic heterocycles. The minimum Gasteiger partial charge on any atom is -0.495 e. The van der Waals surface area contributed by atoms with Crippen LogP contribution in [-0.4, -0.2) is 18.0 Å². The first-order valence-electron chi connectivity index (χ1n) is 7.41. The van der Waals surface area contributed by atoms with E-state index in [2.05, 4.69) is 10.3 Å². The molecule has 4 nitrogen and oxygen atoms in total. The number of benzene rings is 2. The zero-order chi connectivity index (χ0) is 18.9. The van der Waals surface area contributed by atoms with Crippen LogP contribution in [-0.2, 0) is 6.18 Å². The van der Waals surface area contributed by atoms with Crippen molar-refractivity contribution in [3.05, 3.63) is 64.9 Å². The maximum atomic E-state index is 13.2. The number of aromatic nitrogens is 1. The summed E-state index contributed by atoms with van der Waals surface area (Å²) < 4.78 is 44.5. The number of nitrogens with one attached hydrogen (secondary N) is 1. The minimum absolute atomic E-state index is 0.0899. The van der Waals surface area contributed by atoms with Crippen molar-refractivity contribution in [1.29, 1.82) is 0 Å². The molecule has 1 N–H and O–H groups in total. The summed E-state index contributed by atoms with van der Waals surface area (Å²) in [6.07, 6.45) is -3.36. The predicted octanol–water partition coefficient (Wildman–Crippen LogP) is 5.17. The van der Waals surface area contributed by atoms with E-state index in [1.807, 2.05) is 0 Å². The molecular formula is C18H12ClF3N2O2. The van der Waals surface area contributed by atoms with E-state index in [-0.39, 0.29) is 21.5 Å². The average molecular weight is 381 g/mol. The second-order valence-corrected chi connectivity index (χ2v) is 5.77. The van der Waals surface area contributed by atoms with Crippen LogP contribution in [0.4, 0.5) is 18.9 Å². The molecule has 26 heavy (non-hydrogen) atoms. The Morgan fingerprint density at radius 2 is 1.92 bits per heavy atom. The summed E-state index contributed by atoms with van der Waals surface area (Å²) in [4.78, 5) is 16.5. The lowest BCUT2D eigenvalue weighted by Crippen LogP contribution is -2.15. The summed E-state index contributed by atoms with van der Waals surface area (Å²) in [6.45, 7) is 0. The standard InChI is InChI=1S/C18H12ClF3N2O2/c1-26-15-6-5-10(9-14(15)19)24-17(25)16-12-3-2-4-13(18(20,21)22)11(12)7-8-23-16/h2-9H,1H3,(H,24,25). The maximum Gasteiger partial charge on any atom is 0.417 e. The molecule has 3 aromatic rings. The van der Waals surface area contributed by atoms with E-state index in [1.54, 1.807) is 12.1 Å². The Bertz CT molecular complexity index is 990. The van der Waals surface area contributed by atoms with Gasteiger partial charge in [-0.2, -0.15) is 13.2 Å². The van der Waals surface area contributed by atoms with Crippen LogP contribution in [0.3, 0.4) is 0 Å². The Hall–Kier alpha value is -2.80. The third-order valence-corrected chi connectivity index (χ3v) is 4.03. The van der Waals surface area contributed by atoms with E-state index in [1.165, 1.54) is 37.6 Å². The van der Waals surface area contributed by atoms with Gasteiger partial charge in [0.1, 0.15) is 11.4 Å². The van der Waals surface area contributed by atoms with Gasteiger partial charge < -0.3 is 10.1 Å². The van der Waals surface area contributed by atoms with Crippen molar-refractivity contribution < 1.29 is 22.7 Å². The second kappa shape index (κ2) is 6.84. The third-order valence-electron chi connectivity index (χ3n) is 3.74. The summed E-state index contributed by atoms with van der Waals surface area (Å²) in [5.41, 5.74) is -0.564. The van der Waals surface area contributed by atoms with Gasteiger partial charge in [0.05, 0.1) is 17.7 Å². The molecule has 8 heteroatoms. The third kappa shape index (κ3) is 3.43. The van der Waals surface area contributed by atoms with Crippen molar-refractivity contribution in [2.75, 3.05) is 12.4 Å². The van der Waals surface area contributed by atoms with E-state index >= 15 is 0 Å². The van der Waals surface area contributed by atoms with E-state index in [9.17, 15) is 18.0 Å². The number of carbonyl (C=O) groups excluding carboxylic acids is 1. The van der Waals surface area contributed by atoms with Gasteiger partial charge in [0.25, 0.3) is 5.91 Å². The van der Waals surface area contributed by atoms with E-state index < -0.39 is 17.6 Å². The van der Waals surface area contributed by atoms with Gasteiger partial charge in [0, 0.05) is 17.3 Å². The number of hydrogen-bond acceptors (Lipinski definition) is 3. The zero-order valence-corrected chi connectivity index (χ0v) is 14.2. The van der Waals surface area contributed by atoms with Crippen LogP contribution >= 0.6 is 11.6 Å². The first kappa shape index (κ1) is 18.0. The maximum absolute atomic E-state index is 13.2. The Kier molecular flexibility index (Phi) is 4.73. The number of rotatable bonds is 3. The molecule has 0 radical (unpaired) electrons. The highest BCUT2D eigenvalue weighted by molar-refractivity contribution is 6.32. The highest BCUT2D eigenvalue weighted by Crippen LogP contribution is 2.35. The molecule has 0 aliphatic carbocycles. The molecular weight excluding hydrogens is 369 g/mol. The molecule has 0 aliphatic heterocycles. The number of pyridine rings is 1. The van der Waals surface area contributed by atoms with E-state index in [4.69, 9.17) is 16.3 Å². The Balaban J connectivity index is 2.00. The highest BCUT2D eigenvalue weighted by Gasteiger charge is 2.32. The zero-order valence-electron chi connectivity index (χ0n) is 13.4. The Labute approximate surface area is 151 Å². The minimum atomic E-state index is -4.53. The van der Waals surface area contributed by atoms with Crippen LogP contribution < -0.4 is 10.1 Å². The number of carbonyl (C=O) groups is 1. The van der Waals surface area contributed by atoms with Crippen molar-refractivity contribution in [3.8, 4) is 5.75 Å². The van der Waals surface area contributed by atoms with Crippen LogP contribution in [0, 0.1) is 0 Å². The molecule has 2 aromatic carbocycles. The van der Waals surface area contributed by atoms with Crippen LogP contribution in [0.5, 0.6) is 5.75 Å². The SMILES string of the molecule is COc1ccc(NC(=O)c2nccc3c(C(F)(F)F)cccc23)cc1Cl. The number of fused-ring (bicyclic) bond motifs is 1. The van der Waals surface area contributed by atoms with Gasteiger partial charge in [-0.15, -0.1) is 0 Å². The van der Waals surface area contributed by atoms with Crippen molar-refractivity contribution >= 4 is 34.0 Å². The second-order valence-electron chi connectivity index (χ2n) is 5.36. The van der Waals surface area contributed by atoms with Gasteiger partial charge in [0.2, 0.25) is 0 Å². The largest absolute Gasteiger partial charge is 0.495 e. The first-order valence-corrected chi connectivity index (χ1v) is 7.79. The molecule has 1 amide bonds. The monoisotopic (exact) mass is 380 g/mol. The van der Waals surface area contributed by atoms with Crippen molar-refractivity contribution in [1.82, 2.24) is 4.98 Å². The lowest BCUT2D eigenvalue weighted by molar-refractivity contribution is -0.136. The number of hydrogen-bond donors (Lipinski definition) is 1. The molecule has 0 saturated heterocycles. The van der Waals surface area contributed by atoms with E-state index in [0.717, 1.165) is 6.07 Å². The number of nitrogens with zero attached hydrogens (tertiary/aromatic N) is 1. The molecule has 0 saturated carbocycles. The van der Waals surface area contributed by atoms with Gasteiger partial charge in [-0.1, -0.05) is 23.7 Å². The van der Waals surface area contributed by atoms with Crippen molar-refractivity contribution in [2.45, 2.75) is 6.18 Å². The van der Waals surface area contributed by atoms with Gasteiger partial charge in [-0.3, -0.25) is 9.78 Å². The van der Waals surface area contributed by atoms with Crippen LogP contribution in [0.1, 0.15) is 16.1 Å². The van der Waals surface area contributed by atoms with E-state index in [0.29, 0.717) is 11.4 Å². The summed E-state index contributed by atoms with van der Waals surface area (Å²) in [5.74, 6) is -0.209. The highest BCUT2D eigenvalue weighted by atomic mass is 35.5. The number of methoxy groups -OCH3 is 1. The molecule has 0 fully saturated rings. The number of amides is 1. The van der Waals surface area contributed by atoms with Gasteiger partial charge in [-0.05, 0) is 35.7 Å². The first-order chi connectivity index (χ1) is 12.3. The van der Waals surface area contributed by atoms with Crippen LogP contribution in [0.15, 0.2) is 48.7 Å². The predicted molar refractivity (Wildman–Crippen MR) is 92.7 cm³/mol. The Morgan fingerprint density at radius 1 is 1.15 bits per heavy atom. The van der Waals surface area contributed by atoms with Crippen LogP contribution in [0.25, 0.3) is 10.8 Å². The van der Waals surface area contributed by atoms with Gasteiger partial charge >= 0.3 is 6.18 Å². The summed E-state index contributed by atoms with van der Waals surface area (Å²) in [6, 6.07) is 9.48. The summed E-state index contributed by atoms with van der Waals surface area (Å²) >= 11 is 6.01. The smallest absolute Gasteiger partial charge is 0.417 e. The molecule has 0 atom stereocenters. The van der Waals surface area contributed by atoms with Gasteiger partial charge in [0.15, 0.2) is 0 Å². The number of alkyl halides is 3. The summed E-state index contributed by atoms with van der Waals surface area (Å²) in [7, 11) is 1.46. The van der Waals surface area contributed by atoms with Crippen LogP contribution in [0.2, 0.25) is 5.02 Å². The molecule has 134 valence electrons. The molecule has 0 unspecified atom stereocenters. The fourth-order valence-corrected chi connectivity index (χ4v) is 2.83. The normalized spacial score (nSPS) is 11.4.